The van der Waals surface area contributed by atoms with E-state index in [1.54, 1.807) is 12.5 Å². The molecule has 4 aromatic rings. The van der Waals surface area contributed by atoms with Gasteiger partial charge in [-0.05, 0) is 0 Å². The van der Waals surface area contributed by atoms with E-state index in [0.717, 1.165) is 11.5 Å². The maximum atomic E-state index is 6.87. The van der Waals surface area contributed by atoms with E-state index < -0.39 is 17.9 Å². The second kappa shape index (κ2) is 7.87. The monoisotopic (exact) mass is 459 g/mol. The standard InChI is InChI=1S/2C13H9O.CH2Cl.Ti/c2*1-2-5-11-9-12(8-10(11)4-1)13-6-3-7-14-13;1-2;/h2*1-9H;1H2;. The van der Waals surface area contributed by atoms with Gasteiger partial charge < -0.3 is 0 Å². The van der Waals surface area contributed by atoms with Gasteiger partial charge in [0.15, 0.2) is 0 Å². The fourth-order valence-electron chi connectivity index (χ4n) is 5.08. The number of alkyl halides is 1. The molecule has 0 bridgehead atoms. The van der Waals surface area contributed by atoms with Crippen molar-refractivity contribution in [1.82, 2.24) is 0 Å². The van der Waals surface area contributed by atoms with Gasteiger partial charge in [0.25, 0.3) is 0 Å². The van der Waals surface area contributed by atoms with E-state index in [1.807, 2.05) is 12.1 Å². The molecular weight excluding hydrogens is 440 g/mol. The molecule has 4 heteroatoms. The molecule has 2 unspecified atom stereocenters. The summed E-state index contributed by atoms with van der Waals surface area (Å²) in [5, 5.41) is 0. The predicted octanol–water partition coefficient (Wildman–Crippen LogP) is 7.58. The Balaban J connectivity index is 1.52. The zero-order chi connectivity index (χ0) is 20.8. The minimum atomic E-state index is -2.05. The molecule has 0 N–H and O–H groups in total. The number of allylic oxidation sites excluding steroid dienone is 2. The van der Waals surface area contributed by atoms with Crippen molar-refractivity contribution in [3.63, 3.8) is 0 Å². The Hall–Kier alpha value is -2.52. The molecule has 0 saturated heterocycles. The summed E-state index contributed by atoms with van der Waals surface area (Å²) in [6, 6.07) is 25.5. The van der Waals surface area contributed by atoms with Gasteiger partial charge in [0, 0.05) is 0 Å². The number of benzene rings is 2. The Morgan fingerprint density at radius 1 is 0.645 bits per heavy atom. The minimum absolute atomic E-state index is 0.300. The average Bonchev–Trinajstić information content (AvgIpc) is 3.60. The quantitative estimate of drug-likeness (QED) is 0.227. The molecule has 2 aromatic carbocycles. The zero-order valence-corrected chi connectivity index (χ0v) is 19.1. The summed E-state index contributed by atoms with van der Waals surface area (Å²) < 4.78 is 13.1. The zero-order valence-electron chi connectivity index (χ0n) is 16.8. The van der Waals surface area contributed by atoms with Crippen molar-refractivity contribution < 1.29 is 26.7 Å². The fraction of sp³-hybridized carbons (Fsp3) is 0.111. The van der Waals surface area contributed by atoms with E-state index in [1.165, 1.54) is 33.4 Å². The molecule has 6 rings (SSSR count). The summed E-state index contributed by atoms with van der Waals surface area (Å²) in [4.78, 5) is 0. The number of fused-ring (bicyclic) bond motifs is 2. The molecular formula is C27H20ClO2Ti. The fourth-order valence-corrected chi connectivity index (χ4v) is 11.4. The molecule has 0 amide bonds. The van der Waals surface area contributed by atoms with Crippen molar-refractivity contribution in [3.8, 4) is 0 Å². The molecule has 2 nitrogen and oxygen atoms in total. The van der Waals surface area contributed by atoms with Crippen molar-refractivity contribution >= 4 is 34.9 Å². The van der Waals surface area contributed by atoms with Crippen LogP contribution in [0.5, 0.6) is 0 Å². The van der Waals surface area contributed by atoms with Crippen molar-refractivity contribution in [1.29, 1.82) is 0 Å². The average molecular weight is 460 g/mol. The predicted molar refractivity (Wildman–Crippen MR) is 122 cm³/mol. The molecule has 31 heavy (non-hydrogen) atoms. The first-order chi connectivity index (χ1) is 15.3. The van der Waals surface area contributed by atoms with Crippen LogP contribution in [0.4, 0.5) is 0 Å². The Morgan fingerprint density at radius 2 is 1.13 bits per heavy atom. The van der Waals surface area contributed by atoms with E-state index >= 15 is 0 Å². The molecule has 2 aliphatic carbocycles. The molecule has 0 spiro atoms. The molecule has 0 radical (unpaired) electrons. The molecule has 2 aliphatic rings. The third-order valence-electron chi connectivity index (χ3n) is 6.37. The van der Waals surface area contributed by atoms with Gasteiger partial charge in [0.1, 0.15) is 0 Å². The van der Waals surface area contributed by atoms with E-state index in [0.29, 0.717) is 12.6 Å². The van der Waals surface area contributed by atoms with Gasteiger partial charge in [0.2, 0.25) is 0 Å². The number of hydrogen-bond acceptors (Lipinski definition) is 2. The number of halogens is 1. The third-order valence-corrected chi connectivity index (χ3v) is 12.4. The molecule has 0 saturated carbocycles. The topological polar surface area (TPSA) is 26.3 Å². The van der Waals surface area contributed by atoms with Gasteiger partial charge in [-0.2, -0.15) is 0 Å². The molecule has 0 aliphatic heterocycles. The van der Waals surface area contributed by atoms with Gasteiger partial charge in [0.05, 0.1) is 0 Å². The van der Waals surface area contributed by atoms with Crippen molar-refractivity contribution in [3.05, 3.63) is 119 Å². The van der Waals surface area contributed by atoms with Crippen molar-refractivity contribution in [2.75, 3.05) is 4.18 Å². The second-order valence-corrected chi connectivity index (χ2v) is 13.1. The van der Waals surface area contributed by atoms with Crippen LogP contribution >= 0.6 is 11.6 Å². The van der Waals surface area contributed by atoms with Gasteiger partial charge in [-0.25, -0.2) is 0 Å². The number of furan rings is 2. The van der Waals surface area contributed by atoms with E-state index in [2.05, 4.69) is 72.8 Å². The van der Waals surface area contributed by atoms with Gasteiger partial charge in [-0.1, -0.05) is 0 Å². The molecule has 0 fully saturated rings. The van der Waals surface area contributed by atoms with Crippen LogP contribution in [-0.4, -0.2) is 4.18 Å². The van der Waals surface area contributed by atoms with Crippen LogP contribution in [0.3, 0.4) is 0 Å². The van der Waals surface area contributed by atoms with Gasteiger partial charge in [-0.15, -0.1) is 0 Å². The van der Waals surface area contributed by atoms with Crippen molar-refractivity contribution in [2.24, 2.45) is 0 Å². The Bertz CT molecular complexity index is 1180. The Labute approximate surface area is 192 Å². The summed E-state index contributed by atoms with van der Waals surface area (Å²) in [6.45, 7) is 0. The molecule has 2 aromatic heterocycles. The van der Waals surface area contributed by atoms with Crippen LogP contribution in [-0.2, 0) is 17.9 Å². The first kappa shape index (κ1) is 19.2. The van der Waals surface area contributed by atoms with Gasteiger partial charge in [-0.3, -0.25) is 0 Å². The van der Waals surface area contributed by atoms with Crippen LogP contribution < -0.4 is 0 Å². The van der Waals surface area contributed by atoms with Crippen LogP contribution in [0, 0.1) is 0 Å². The first-order valence-electron chi connectivity index (χ1n) is 10.5. The summed E-state index contributed by atoms with van der Waals surface area (Å²) in [7, 11) is 0. The summed E-state index contributed by atoms with van der Waals surface area (Å²) in [6.07, 6.45) is 8.12. The van der Waals surface area contributed by atoms with E-state index in [-0.39, 0.29) is 0 Å². The van der Waals surface area contributed by atoms with Crippen LogP contribution in [0.2, 0.25) is 0 Å². The normalized spacial score (nSPS) is 19.0. The Morgan fingerprint density at radius 3 is 1.55 bits per heavy atom. The van der Waals surface area contributed by atoms with Crippen LogP contribution in [0.1, 0.15) is 42.2 Å². The molecule has 151 valence electrons. The summed E-state index contributed by atoms with van der Waals surface area (Å²) in [5.74, 6) is 1.90. The summed E-state index contributed by atoms with van der Waals surface area (Å²) >= 11 is 4.82. The maximum absolute atomic E-state index is 6.87. The first-order valence-corrected chi connectivity index (χ1v) is 13.9. The number of hydrogen-bond donors (Lipinski definition) is 0. The van der Waals surface area contributed by atoms with Gasteiger partial charge >= 0.3 is 193 Å². The molecule has 2 heterocycles. The third kappa shape index (κ3) is 3.13. The second-order valence-electron chi connectivity index (χ2n) is 7.99. The SMILES string of the molecule is Cl[CH2][Ti]([CH]1C(c2ccco2)=Cc2ccccc21)[CH]1C(c2ccco2)=Cc2ccccc21. The number of rotatable bonds is 5. The van der Waals surface area contributed by atoms with Crippen LogP contribution in [0.25, 0.3) is 23.3 Å². The van der Waals surface area contributed by atoms with Crippen LogP contribution in [0.15, 0.2) is 94.2 Å². The molecule has 2 atom stereocenters. The van der Waals surface area contributed by atoms with E-state index in [9.17, 15) is 0 Å². The summed E-state index contributed by atoms with van der Waals surface area (Å²) in [5.41, 5.74) is 7.86. The van der Waals surface area contributed by atoms with Crippen molar-refractivity contribution in [2.45, 2.75) is 8.45 Å². The Kier molecular flexibility index (Phi) is 4.87. The van der Waals surface area contributed by atoms with E-state index in [4.69, 9.17) is 20.4 Å².